The lowest BCUT2D eigenvalue weighted by molar-refractivity contribution is -0.115. The number of nitrogens with two attached hydrogens (primary N) is 1. The molecule has 1 aromatic carbocycles. The maximum atomic E-state index is 11.3. The Morgan fingerprint density at radius 1 is 1.27 bits per heavy atom. The molecule has 2 aromatic heterocycles. The van der Waals surface area contributed by atoms with Crippen LogP contribution >= 0.6 is 23.4 Å². The van der Waals surface area contributed by atoms with Crippen LogP contribution in [0.2, 0.25) is 5.02 Å². The van der Waals surface area contributed by atoms with Gasteiger partial charge in [0.1, 0.15) is 5.03 Å². The highest BCUT2D eigenvalue weighted by Gasteiger charge is 2.22. The first-order valence-electron chi connectivity index (χ1n) is 8.24. The molecular weight excluding hydrogens is 368 g/mol. The number of aromatic nitrogens is 3. The number of hydrogen-bond donors (Lipinski definition) is 1. The Balaban J connectivity index is 2.26. The van der Waals surface area contributed by atoms with Crippen LogP contribution in [-0.4, -0.2) is 26.3 Å². The Bertz CT molecular complexity index is 974. The van der Waals surface area contributed by atoms with E-state index >= 15 is 0 Å². The van der Waals surface area contributed by atoms with Gasteiger partial charge in [-0.25, -0.2) is 9.50 Å². The molecule has 7 heteroatoms. The zero-order valence-corrected chi connectivity index (χ0v) is 16.8. The van der Waals surface area contributed by atoms with Gasteiger partial charge in [-0.1, -0.05) is 56.3 Å². The fourth-order valence-corrected chi connectivity index (χ4v) is 3.54. The molecule has 0 aliphatic heterocycles. The number of carbonyl (C=O) groups is 1. The monoisotopic (exact) mass is 388 g/mol. The molecule has 0 spiro atoms. The van der Waals surface area contributed by atoms with Crippen molar-refractivity contribution in [1.82, 2.24) is 14.6 Å². The average molecular weight is 389 g/mol. The Morgan fingerprint density at radius 3 is 2.50 bits per heavy atom. The van der Waals surface area contributed by atoms with E-state index in [1.165, 1.54) is 11.8 Å². The van der Waals surface area contributed by atoms with Crippen LogP contribution in [0.15, 0.2) is 35.4 Å². The summed E-state index contributed by atoms with van der Waals surface area (Å²) in [5.74, 6) is -0.170. The van der Waals surface area contributed by atoms with E-state index in [0.29, 0.717) is 5.02 Å². The van der Waals surface area contributed by atoms with Crippen LogP contribution in [0.5, 0.6) is 0 Å². The van der Waals surface area contributed by atoms with Crippen LogP contribution in [0.4, 0.5) is 0 Å². The minimum atomic E-state index is -0.362. The van der Waals surface area contributed by atoms with Gasteiger partial charge < -0.3 is 5.73 Å². The molecule has 2 N–H and O–H groups in total. The van der Waals surface area contributed by atoms with Gasteiger partial charge in [-0.3, -0.25) is 4.79 Å². The van der Waals surface area contributed by atoms with Crippen molar-refractivity contribution in [3.63, 3.8) is 0 Å². The molecule has 3 rings (SSSR count). The number of nitrogens with zero attached hydrogens (tertiary/aromatic N) is 3. The Kier molecular flexibility index (Phi) is 4.99. The second-order valence-electron chi connectivity index (χ2n) is 7.19. The number of rotatable bonds is 4. The van der Waals surface area contributed by atoms with Crippen LogP contribution in [0.3, 0.4) is 0 Å². The quantitative estimate of drug-likeness (QED) is 0.536. The molecule has 0 fully saturated rings. The summed E-state index contributed by atoms with van der Waals surface area (Å²) in [6.45, 7) is 8.29. The minimum Gasteiger partial charge on any atom is -0.369 e. The first kappa shape index (κ1) is 18.7. The molecule has 1 amide bonds. The van der Waals surface area contributed by atoms with Crippen molar-refractivity contribution in [1.29, 1.82) is 0 Å². The van der Waals surface area contributed by atoms with E-state index in [9.17, 15) is 4.79 Å². The molecule has 0 saturated carbocycles. The second kappa shape index (κ2) is 6.93. The van der Waals surface area contributed by atoms with Gasteiger partial charge >= 0.3 is 0 Å². The molecule has 0 radical (unpaired) electrons. The van der Waals surface area contributed by atoms with Crippen LogP contribution in [0.1, 0.15) is 32.2 Å². The Hall–Kier alpha value is -2.05. The van der Waals surface area contributed by atoms with Gasteiger partial charge in [-0.15, -0.1) is 0 Å². The van der Waals surface area contributed by atoms with Crippen molar-refractivity contribution < 1.29 is 4.79 Å². The molecule has 0 atom stereocenters. The number of primary amides is 1. The summed E-state index contributed by atoms with van der Waals surface area (Å²) in [5, 5.41) is 6.19. The standard InChI is InChI=1S/C19H21ClN4OS/c1-11-17(12-5-7-13(20)8-6-12)18-22-14(19(2,3)4)9-16(24(18)23-11)26-10-15(21)25/h5-9H,10H2,1-4H3,(H2,21,25). The van der Waals surface area contributed by atoms with Crippen molar-refractivity contribution in [3.8, 4) is 11.1 Å². The molecule has 2 heterocycles. The second-order valence-corrected chi connectivity index (χ2v) is 8.62. The maximum Gasteiger partial charge on any atom is 0.227 e. The summed E-state index contributed by atoms with van der Waals surface area (Å²) in [6.07, 6.45) is 0. The first-order chi connectivity index (χ1) is 12.2. The third kappa shape index (κ3) is 3.71. The topological polar surface area (TPSA) is 73.3 Å². The molecule has 136 valence electrons. The van der Waals surface area contributed by atoms with Gasteiger partial charge in [0.2, 0.25) is 5.91 Å². The predicted molar refractivity (Wildman–Crippen MR) is 107 cm³/mol. The highest BCUT2D eigenvalue weighted by Crippen LogP contribution is 2.33. The van der Waals surface area contributed by atoms with Crippen LogP contribution < -0.4 is 5.73 Å². The SMILES string of the molecule is Cc1nn2c(SCC(N)=O)cc(C(C)(C)C)nc2c1-c1ccc(Cl)cc1. The predicted octanol–water partition coefficient (Wildman–Crippen LogP) is 4.23. The number of hydrogen-bond acceptors (Lipinski definition) is 4. The molecule has 0 saturated heterocycles. The molecule has 5 nitrogen and oxygen atoms in total. The number of benzene rings is 1. The number of halogens is 1. The van der Waals surface area contributed by atoms with E-state index in [2.05, 4.69) is 25.9 Å². The smallest absolute Gasteiger partial charge is 0.227 e. The molecule has 3 aromatic rings. The van der Waals surface area contributed by atoms with E-state index in [0.717, 1.165) is 33.2 Å². The van der Waals surface area contributed by atoms with Crippen molar-refractivity contribution in [2.24, 2.45) is 5.73 Å². The summed E-state index contributed by atoms with van der Waals surface area (Å²) in [5.41, 5.74) is 9.74. The summed E-state index contributed by atoms with van der Waals surface area (Å²) < 4.78 is 1.79. The summed E-state index contributed by atoms with van der Waals surface area (Å²) >= 11 is 7.40. The summed E-state index contributed by atoms with van der Waals surface area (Å²) in [6, 6.07) is 9.63. The lowest BCUT2D eigenvalue weighted by Crippen LogP contribution is -2.16. The fraction of sp³-hybridized carbons (Fsp3) is 0.316. The van der Waals surface area contributed by atoms with Gasteiger partial charge in [0, 0.05) is 16.0 Å². The maximum absolute atomic E-state index is 11.3. The molecule has 0 bridgehead atoms. The summed E-state index contributed by atoms with van der Waals surface area (Å²) in [4.78, 5) is 16.2. The molecule has 0 aliphatic carbocycles. The molecular formula is C19H21ClN4OS. The first-order valence-corrected chi connectivity index (χ1v) is 9.61. The lowest BCUT2D eigenvalue weighted by Gasteiger charge is -2.19. The Labute approximate surface area is 161 Å². The molecule has 0 aliphatic rings. The highest BCUT2D eigenvalue weighted by atomic mass is 35.5. The third-order valence-electron chi connectivity index (χ3n) is 3.99. The minimum absolute atomic E-state index is 0.140. The van der Waals surface area contributed by atoms with Gasteiger partial charge in [-0.2, -0.15) is 5.10 Å². The third-order valence-corrected chi connectivity index (χ3v) is 5.26. The molecule has 0 unspecified atom stereocenters. The largest absolute Gasteiger partial charge is 0.369 e. The normalized spacial score (nSPS) is 11.9. The van der Waals surface area contributed by atoms with Gasteiger partial charge in [0.05, 0.1) is 17.1 Å². The van der Waals surface area contributed by atoms with Crippen molar-refractivity contribution in [2.75, 3.05) is 5.75 Å². The van der Waals surface area contributed by atoms with Crippen molar-refractivity contribution in [2.45, 2.75) is 38.1 Å². The average Bonchev–Trinajstić information content (AvgIpc) is 2.88. The number of aryl methyl sites for hydroxylation is 1. The number of carbonyl (C=O) groups excluding carboxylic acids is 1. The van der Waals surface area contributed by atoms with Crippen LogP contribution in [0.25, 0.3) is 16.8 Å². The van der Waals surface area contributed by atoms with E-state index in [-0.39, 0.29) is 17.1 Å². The Morgan fingerprint density at radius 2 is 1.92 bits per heavy atom. The number of amides is 1. The number of fused-ring (bicyclic) bond motifs is 1. The highest BCUT2D eigenvalue weighted by molar-refractivity contribution is 7.99. The van der Waals surface area contributed by atoms with Gasteiger partial charge in [0.25, 0.3) is 0 Å². The van der Waals surface area contributed by atoms with Gasteiger partial charge in [0.15, 0.2) is 5.65 Å². The molecule has 26 heavy (non-hydrogen) atoms. The zero-order valence-electron chi connectivity index (χ0n) is 15.2. The summed E-state index contributed by atoms with van der Waals surface area (Å²) in [7, 11) is 0. The number of thioether (sulfide) groups is 1. The fourth-order valence-electron chi connectivity index (χ4n) is 2.68. The van der Waals surface area contributed by atoms with Gasteiger partial charge in [-0.05, 0) is 30.7 Å². The van der Waals surface area contributed by atoms with Crippen LogP contribution in [0, 0.1) is 6.92 Å². The van der Waals surface area contributed by atoms with Crippen LogP contribution in [-0.2, 0) is 10.2 Å². The van der Waals surface area contributed by atoms with E-state index in [1.807, 2.05) is 37.3 Å². The van der Waals surface area contributed by atoms with Crippen molar-refractivity contribution >= 4 is 34.9 Å². The lowest BCUT2D eigenvalue weighted by atomic mass is 9.92. The van der Waals surface area contributed by atoms with Crippen molar-refractivity contribution in [3.05, 3.63) is 46.7 Å². The zero-order chi connectivity index (χ0) is 19.1. The van der Waals surface area contributed by atoms with E-state index in [1.54, 1.807) is 4.52 Å². The van der Waals surface area contributed by atoms with E-state index in [4.69, 9.17) is 22.3 Å². The van der Waals surface area contributed by atoms with E-state index < -0.39 is 0 Å².